The van der Waals surface area contributed by atoms with E-state index in [4.69, 9.17) is 0 Å². The van der Waals surface area contributed by atoms with Gasteiger partial charge in [-0.15, -0.1) is 0 Å². The van der Waals surface area contributed by atoms with E-state index in [-0.39, 0.29) is 11.9 Å². The summed E-state index contributed by atoms with van der Waals surface area (Å²) in [5.41, 5.74) is 1.56. The van der Waals surface area contributed by atoms with Crippen LogP contribution in [0.2, 0.25) is 0 Å². The van der Waals surface area contributed by atoms with E-state index in [1.807, 2.05) is 30.3 Å². The number of nitrogens with one attached hydrogen (secondary N) is 2. The van der Waals surface area contributed by atoms with E-state index in [0.29, 0.717) is 10.7 Å². The lowest BCUT2D eigenvalue weighted by Crippen LogP contribution is -2.47. The fourth-order valence-electron chi connectivity index (χ4n) is 3.58. The maximum Gasteiger partial charge on any atom is 0.321 e. The minimum atomic E-state index is -0.500. The summed E-state index contributed by atoms with van der Waals surface area (Å²) in [5, 5.41) is 10.7. The van der Waals surface area contributed by atoms with Crippen LogP contribution in [0.25, 0.3) is 16.7 Å². The van der Waals surface area contributed by atoms with Crippen LogP contribution in [0.3, 0.4) is 0 Å². The van der Waals surface area contributed by atoms with Crippen molar-refractivity contribution in [2.75, 3.05) is 0 Å². The molecule has 3 amide bonds. The Kier molecular flexibility index (Phi) is 6.27. The first-order valence-electron chi connectivity index (χ1n) is 10.1. The number of imide groups is 1. The second-order valence-electron chi connectivity index (χ2n) is 7.37. The molecular formula is C21H24N6O2S. The third-order valence-electron chi connectivity index (χ3n) is 5.16. The first-order chi connectivity index (χ1) is 14.6. The number of para-hydroxylation sites is 1. The highest BCUT2D eigenvalue weighted by atomic mass is 32.2. The van der Waals surface area contributed by atoms with Gasteiger partial charge in [-0.25, -0.2) is 19.4 Å². The number of aromatic nitrogens is 4. The number of carbonyl (C=O) groups is 2. The molecule has 2 N–H and O–H groups in total. The summed E-state index contributed by atoms with van der Waals surface area (Å²) in [6.07, 6.45) is 8.54. The molecular weight excluding hydrogens is 400 g/mol. The SMILES string of the molecule is C[C@H](Sc1ncnc2c1cnn2-c1ccccc1)C(=O)NC(=O)NC1CCCCC1. The molecule has 9 heteroatoms. The zero-order chi connectivity index (χ0) is 20.9. The van der Waals surface area contributed by atoms with Crippen LogP contribution in [0.4, 0.5) is 4.79 Å². The molecule has 0 spiro atoms. The molecule has 1 saturated carbocycles. The van der Waals surface area contributed by atoms with Crippen molar-refractivity contribution in [3.8, 4) is 5.69 Å². The quantitative estimate of drug-likeness (QED) is 0.480. The zero-order valence-electron chi connectivity index (χ0n) is 16.7. The molecule has 4 rings (SSSR count). The molecule has 0 saturated heterocycles. The fraction of sp³-hybridized carbons (Fsp3) is 0.381. The van der Waals surface area contributed by atoms with Gasteiger partial charge in [-0.3, -0.25) is 10.1 Å². The molecule has 8 nitrogen and oxygen atoms in total. The smallest absolute Gasteiger partial charge is 0.321 e. The highest BCUT2D eigenvalue weighted by Gasteiger charge is 2.22. The molecule has 2 aromatic heterocycles. The standard InChI is InChI=1S/C21H24N6O2S/c1-14(19(28)26-21(29)25-15-8-4-2-5-9-15)30-20-17-12-24-27(18(17)22-13-23-20)16-10-6-3-7-11-16/h3,6-7,10-15H,2,4-5,8-9H2,1H3,(H2,25,26,28,29)/t14-/m0/s1. The van der Waals surface area contributed by atoms with Crippen molar-refractivity contribution >= 4 is 34.7 Å². The number of urea groups is 1. The van der Waals surface area contributed by atoms with Gasteiger partial charge in [0.2, 0.25) is 5.91 Å². The lowest BCUT2D eigenvalue weighted by Gasteiger charge is -2.23. The van der Waals surface area contributed by atoms with Gasteiger partial charge in [0.05, 0.1) is 22.5 Å². The van der Waals surface area contributed by atoms with Crippen molar-refractivity contribution in [3.05, 3.63) is 42.9 Å². The van der Waals surface area contributed by atoms with Crippen molar-refractivity contribution < 1.29 is 9.59 Å². The third-order valence-corrected chi connectivity index (χ3v) is 6.28. The van der Waals surface area contributed by atoms with Gasteiger partial charge in [0.15, 0.2) is 5.65 Å². The van der Waals surface area contributed by atoms with E-state index in [9.17, 15) is 9.59 Å². The van der Waals surface area contributed by atoms with Crippen molar-refractivity contribution in [2.45, 2.75) is 55.3 Å². The van der Waals surface area contributed by atoms with Crippen molar-refractivity contribution in [3.63, 3.8) is 0 Å². The molecule has 3 aromatic rings. The predicted molar refractivity (Wildman–Crippen MR) is 116 cm³/mol. The Hall–Kier alpha value is -2.94. The van der Waals surface area contributed by atoms with E-state index in [1.54, 1.807) is 17.8 Å². The van der Waals surface area contributed by atoms with Crippen LogP contribution in [0.5, 0.6) is 0 Å². The summed E-state index contributed by atoms with van der Waals surface area (Å²) in [4.78, 5) is 33.3. The van der Waals surface area contributed by atoms with Gasteiger partial charge >= 0.3 is 6.03 Å². The maximum atomic E-state index is 12.5. The average molecular weight is 425 g/mol. The Morgan fingerprint density at radius 3 is 2.67 bits per heavy atom. The molecule has 0 bridgehead atoms. The molecule has 0 radical (unpaired) electrons. The maximum absolute atomic E-state index is 12.5. The second kappa shape index (κ2) is 9.25. The molecule has 2 heterocycles. The van der Waals surface area contributed by atoms with Crippen molar-refractivity contribution in [2.24, 2.45) is 0 Å². The summed E-state index contributed by atoms with van der Waals surface area (Å²) in [7, 11) is 0. The summed E-state index contributed by atoms with van der Waals surface area (Å²) < 4.78 is 1.74. The molecule has 0 unspecified atom stereocenters. The molecule has 1 fully saturated rings. The van der Waals surface area contributed by atoms with Gasteiger partial charge in [0.1, 0.15) is 11.4 Å². The summed E-state index contributed by atoms with van der Waals surface area (Å²) in [6.45, 7) is 1.75. The van der Waals surface area contributed by atoms with E-state index < -0.39 is 11.3 Å². The average Bonchev–Trinajstić information content (AvgIpc) is 3.20. The number of fused-ring (bicyclic) bond motifs is 1. The molecule has 1 aromatic carbocycles. The predicted octanol–water partition coefficient (Wildman–Crippen LogP) is 3.45. The number of amides is 3. The van der Waals surface area contributed by atoms with E-state index in [2.05, 4.69) is 25.7 Å². The van der Waals surface area contributed by atoms with Crippen LogP contribution in [0.1, 0.15) is 39.0 Å². The number of hydrogen-bond acceptors (Lipinski definition) is 6. The van der Waals surface area contributed by atoms with Crippen molar-refractivity contribution in [1.82, 2.24) is 30.4 Å². The minimum Gasteiger partial charge on any atom is -0.335 e. The van der Waals surface area contributed by atoms with Crippen LogP contribution in [0.15, 0.2) is 47.9 Å². The third kappa shape index (κ3) is 4.62. The van der Waals surface area contributed by atoms with E-state index in [1.165, 1.54) is 24.5 Å². The number of carbonyl (C=O) groups excluding carboxylic acids is 2. The fourth-order valence-corrected chi connectivity index (χ4v) is 4.46. The van der Waals surface area contributed by atoms with Crippen molar-refractivity contribution in [1.29, 1.82) is 0 Å². The summed E-state index contributed by atoms with van der Waals surface area (Å²) >= 11 is 1.28. The van der Waals surface area contributed by atoms with Crippen LogP contribution in [-0.2, 0) is 4.79 Å². The Bertz CT molecular complexity index is 1030. The van der Waals surface area contributed by atoms with Gasteiger partial charge in [0.25, 0.3) is 0 Å². The first kappa shape index (κ1) is 20.3. The molecule has 156 valence electrons. The first-order valence-corrected chi connectivity index (χ1v) is 11.0. The van der Waals surface area contributed by atoms with E-state index >= 15 is 0 Å². The number of nitrogens with zero attached hydrogens (tertiary/aromatic N) is 4. The van der Waals surface area contributed by atoms with Gasteiger partial charge in [-0.05, 0) is 31.9 Å². The molecule has 1 aliphatic carbocycles. The number of hydrogen-bond donors (Lipinski definition) is 2. The normalized spacial score (nSPS) is 15.6. The Labute approximate surface area is 178 Å². The minimum absolute atomic E-state index is 0.153. The molecule has 0 aliphatic heterocycles. The van der Waals surface area contributed by atoms with Crippen LogP contribution < -0.4 is 10.6 Å². The van der Waals surface area contributed by atoms with Gasteiger partial charge in [0, 0.05) is 6.04 Å². The Morgan fingerprint density at radius 1 is 1.13 bits per heavy atom. The zero-order valence-corrected chi connectivity index (χ0v) is 17.6. The van der Waals surface area contributed by atoms with Crippen LogP contribution >= 0.6 is 11.8 Å². The Morgan fingerprint density at radius 2 is 1.90 bits per heavy atom. The number of thioether (sulfide) groups is 1. The van der Waals surface area contributed by atoms with Gasteiger partial charge in [-0.2, -0.15) is 5.10 Å². The highest BCUT2D eigenvalue weighted by Crippen LogP contribution is 2.28. The number of rotatable bonds is 5. The molecule has 1 aliphatic rings. The second-order valence-corrected chi connectivity index (χ2v) is 8.70. The highest BCUT2D eigenvalue weighted by molar-refractivity contribution is 8.00. The largest absolute Gasteiger partial charge is 0.335 e. The monoisotopic (exact) mass is 424 g/mol. The van der Waals surface area contributed by atoms with Crippen LogP contribution in [0, 0.1) is 0 Å². The van der Waals surface area contributed by atoms with Crippen LogP contribution in [-0.4, -0.2) is 43.0 Å². The summed E-state index contributed by atoms with van der Waals surface area (Å²) in [5.74, 6) is -0.351. The Balaban J connectivity index is 1.42. The van der Waals surface area contributed by atoms with E-state index in [0.717, 1.165) is 36.8 Å². The summed E-state index contributed by atoms with van der Waals surface area (Å²) in [6, 6.07) is 9.43. The molecule has 30 heavy (non-hydrogen) atoms. The molecule has 1 atom stereocenters. The number of benzene rings is 1. The topological polar surface area (TPSA) is 102 Å². The van der Waals surface area contributed by atoms with Gasteiger partial charge < -0.3 is 5.32 Å². The lowest BCUT2D eigenvalue weighted by molar-refractivity contribution is -0.119. The van der Waals surface area contributed by atoms with Gasteiger partial charge in [-0.1, -0.05) is 49.2 Å². The lowest BCUT2D eigenvalue weighted by atomic mass is 9.96.